The molecule has 3 rings (SSSR count). The van der Waals surface area contributed by atoms with Crippen molar-refractivity contribution in [1.29, 1.82) is 0 Å². The standard InChI is InChI=1S/C20H22N2O4/c1-12-9-10-18(25-12)14(3)21-20(23)16-7-5-6-8-19(16)24-11-17-13(2)22-26-15(17)4/h5-10,14H,11H2,1-4H3,(H,21,23). The molecule has 136 valence electrons. The van der Waals surface area contributed by atoms with E-state index in [2.05, 4.69) is 10.5 Å². The van der Waals surface area contributed by atoms with E-state index in [1.807, 2.05) is 45.9 Å². The van der Waals surface area contributed by atoms with Crippen LogP contribution in [0.2, 0.25) is 0 Å². The van der Waals surface area contributed by atoms with Gasteiger partial charge in [-0.1, -0.05) is 17.3 Å². The fourth-order valence-corrected chi connectivity index (χ4v) is 2.67. The van der Waals surface area contributed by atoms with E-state index in [1.54, 1.807) is 18.2 Å². The Morgan fingerprint density at radius 3 is 2.62 bits per heavy atom. The first kappa shape index (κ1) is 17.8. The number of aryl methyl sites for hydroxylation is 3. The summed E-state index contributed by atoms with van der Waals surface area (Å²) >= 11 is 0. The van der Waals surface area contributed by atoms with Crippen LogP contribution in [-0.4, -0.2) is 11.1 Å². The Morgan fingerprint density at radius 2 is 1.96 bits per heavy atom. The number of carbonyl (C=O) groups excluding carboxylic acids is 1. The van der Waals surface area contributed by atoms with E-state index < -0.39 is 0 Å². The summed E-state index contributed by atoms with van der Waals surface area (Å²) in [5, 5.41) is 6.85. The molecule has 0 aliphatic heterocycles. The number of rotatable bonds is 6. The van der Waals surface area contributed by atoms with Crippen molar-refractivity contribution in [3.63, 3.8) is 0 Å². The first-order valence-electron chi connectivity index (χ1n) is 8.46. The fraction of sp³-hybridized carbons (Fsp3) is 0.300. The van der Waals surface area contributed by atoms with Crippen LogP contribution in [0.15, 0.2) is 45.3 Å². The van der Waals surface area contributed by atoms with E-state index in [1.165, 1.54) is 0 Å². The molecule has 0 spiro atoms. The van der Waals surface area contributed by atoms with E-state index in [4.69, 9.17) is 13.7 Å². The third-order valence-corrected chi connectivity index (χ3v) is 4.22. The van der Waals surface area contributed by atoms with Gasteiger partial charge in [0, 0.05) is 0 Å². The van der Waals surface area contributed by atoms with Crippen LogP contribution in [0.25, 0.3) is 0 Å². The topological polar surface area (TPSA) is 77.5 Å². The highest BCUT2D eigenvalue weighted by molar-refractivity contribution is 5.97. The van der Waals surface area contributed by atoms with Crippen LogP contribution in [0.1, 0.15) is 51.9 Å². The van der Waals surface area contributed by atoms with Crippen LogP contribution in [0, 0.1) is 20.8 Å². The normalized spacial score (nSPS) is 12.0. The molecular formula is C20H22N2O4. The number of hydrogen-bond donors (Lipinski definition) is 1. The molecule has 0 aliphatic rings. The zero-order valence-electron chi connectivity index (χ0n) is 15.3. The predicted octanol–water partition coefficient (Wildman–Crippen LogP) is 4.26. The molecule has 0 radical (unpaired) electrons. The predicted molar refractivity (Wildman–Crippen MR) is 96.1 cm³/mol. The smallest absolute Gasteiger partial charge is 0.255 e. The van der Waals surface area contributed by atoms with Gasteiger partial charge in [0.1, 0.15) is 29.6 Å². The van der Waals surface area contributed by atoms with Gasteiger partial charge in [-0.15, -0.1) is 0 Å². The number of amides is 1. The zero-order valence-corrected chi connectivity index (χ0v) is 15.3. The van der Waals surface area contributed by atoms with E-state index in [0.717, 1.165) is 17.0 Å². The molecule has 6 heteroatoms. The molecule has 1 amide bonds. The summed E-state index contributed by atoms with van der Waals surface area (Å²) in [4.78, 5) is 12.7. The molecular weight excluding hydrogens is 332 g/mol. The highest BCUT2D eigenvalue weighted by Gasteiger charge is 2.18. The number of carbonyl (C=O) groups is 1. The number of furan rings is 1. The Balaban J connectivity index is 1.73. The lowest BCUT2D eigenvalue weighted by Crippen LogP contribution is -2.26. The zero-order chi connectivity index (χ0) is 18.7. The Bertz CT molecular complexity index is 891. The molecule has 6 nitrogen and oxygen atoms in total. The average molecular weight is 354 g/mol. The fourth-order valence-electron chi connectivity index (χ4n) is 2.67. The summed E-state index contributed by atoms with van der Waals surface area (Å²) in [7, 11) is 0. The Labute approximate surface area is 152 Å². The molecule has 0 bridgehead atoms. The van der Waals surface area contributed by atoms with Gasteiger partial charge < -0.3 is 19.0 Å². The maximum Gasteiger partial charge on any atom is 0.255 e. The lowest BCUT2D eigenvalue weighted by molar-refractivity contribution is 0.0930. The molecule has 2 aromatic heterocycles. The van der Waals surface area contributed by atoms with Crippen molar-refractivity contribution in [2.24, 2.45) is 0 Å². The first-order chi connectivity index (χ1) is 12.5. The summed E-state index contributed by atoms with van der Waals surface area (Å²) in [5.74, 6) is 2.52. The Kier molecular flexibility index (Phi) is 5.11. The number of benzene rings is 1. The number of hydrogen-bond acceptors (Lipinski definition) is 5. The van der Waals surface area contributed by atoms with Crippen molar-refractivity contribution >= 4 is 5.91 Å². The summed E-state index contributed by atoms with van der Waals surface area (Å²) < 4.78 is 16.6. The number of aromatic nitrogens is 1. The molecule has 3 aromatic rings. The van der Waals surface area contributed by atoms with Crippen LogP contribution < -0.4 is 10.1 Å². The second-order valence-electron chi connectivity index (χ2n) is 6.23. The molecule has 0 saturated carbocycles. The second-order valence-corrected chi connectivity index (χ2v) is 6.23. The van der Waals surface area contributed by atoms with E-state index in [0.29, 0.717) is 29.4 Å². The van der Waals surface area contributed by atoms with Gasteiger partial charge in [0.2, 0.25) is 0 Å². The van der Waals surface area contributed by atoms with Gasteiger partial charge in [0.15, 0.2) is 0 Å². The van der Waals surface area contributed by atoms with Gasteiger partial charge in [-0.2, -0.15) is 0 Å². The quantitative estimate of drug-likeness (QED) is 0.715. The summed E-state index contributed by atoms with van der Waals surface area (Å²) in [5.41, 5.74) is 2.14. The number of nitrogens with one attached hydrogen (secondary N) is 1. The molecule has 0 fully saturated rings. The first-order valence-corrected chi connectivity index (χ1v) is 8.46. The molecule has 26 heavy (non-hydrogen) atoms. The highest BCUT2D eigenvalue weighted by atomic mass is 16.5. The molecule has 1 unspecified atom stereocenters. The lowest BCUT2D eigenvalue weighted by Gasteiger charge is -2.14. The Morgan fingerprint density at radius 1 is 1.19 bits per heavy atom. The third kappa shape index (κ3) is 3.79. The van der Waals surface area contributed by atoms with Crippen molar-refractivity contribution < 1.29 is 18.5 Å². The second kappa shape index (κ2) is 7.47. The van der Waals surface area contributed by atoms with Gasteiger partial charge in [0.05, 0.1) is 22.9 Å². The van der Waals surface area contributed by atoms with Crippen LogP contribution in [0.5, 0.6) is 5.75 Å². The highest BCUT2D eigenvalue weighted by Crippen LogP contribution is 2.23. The lowest BCUT2D eigenvalue weighted by atomic mass is 10.1. The maximum absolute atomic E-state index is 12.7. The largest absolute Gasteiger partial charge is 0.488 e. The summed E-state index contributed by atoms with van der Waals surface area (Å²) in [6.07, 6.45) is 0. The minimum Gasteiger partial charge on any atom is -0.488 e. The SMILES string of the molecule is Cc1ccc(C(C)NC(=O)c2ccccc2OCc2c(C)noc2C)o1. The van der Waals surface area contributed by atoms with Crippen LogP contribution in [0.3, 0.4) is 0 Å². The number of nitrogens with zero attached hydrogens (tertiary/aromatic N) is 1. The van der Waals surface area contributed by atoms with Crippen LogP contribution >= 0.6 is 0 Å². The summed E-state index contributed by atoms with van der Waals surface area (Å²) in [6, 6.07) is 10.6. The Hall–Kier alpha value is -3.02. The van der Waals surface area contributed by atoms with Crippen LogP contribution in [0.4, 0.5) is 0 Å². The van der Waals surface area contributed by atoms with E-state index >= 15 is 0 Å². The minimum atomic E-state index is -0.244. The van der Waals surface area contributed by atoms with Crippen molar-refractivity contribution in [3.8, 4) is 5.75 Å². The van der Waals surface area contributed by atoms with E-state index in [-0.39, 0.29) is 11.9 Å². The third-order valence-electron chi connectivity index (χ3n) is 4.22. The summed E-state index contributed by atoms with van der Waals surface area (Å²) in [6.45, 7) is 7.74. The maximum atomic E-state index is 12.7. The van der Waals surface area contributed by atoms with Gasteiger partial charge >= 0.3 is 0 Å². The average Bonchev–Trinajstić information content (AvgIpc) is 3.19. The van der Waals surface area contributed by atoms with Crippen molar-refractivity contribution in [2.75, 3.05) is 0 Å². The molecule has 1 N–H and O–H groups in total. The van der Waals surface area contributed by atoms with E-state index in [9.17, 15) is 4.79 Å². The monoisotopic (exact) mass is 354 g/mol. The molecule has 0 aliphatic carbocycles. The molecule has 0 saturated heterocycles. The van der Waals surface area contributed by atoms with Crippen molar-refractivity contribution in [2.45, 2.75) is 40.3 Å². The van der Waals surface area contributed by atoms with Crippen LogP contribution in [-0.2, 0) is 6.61 Å². The minimum absolute atomic E-state index is 0.221. The van der Waals surface area contributed by atoms with Crippen molar-refractivity contribution in [3.05, 3.63) is 70.5 Å². The molecule has 2 heterocycles. The van der Waals surface area contributed by atoms with Gasteiger partial charge in [-0.25, -0.2) is 0 Å². The number of ether oxygens (including phenoxy) is 1. The number of para-hydroxylation sites is 1. The van der Waals surface area contributed by atoms with Crippen molar-refractivity contribution in [1.82, 2.24) is 10.5 Å². The van der Waals surface area contributed by atoms with Gasteiger partial charge in [-0.3, -0.25) is 4.79 Å². The van der Waals surface area contributed by atoms with Gasteiger partial charge in [0.25, 0.3) is 5.91 Å². The van der Waals surface area contributed by atoms with Gasteiger partial charge in [-0.05, 0) is 52.0 Å². The molecule has 1 atom stereocenters. The molecule has 1 aromatic carbocycles.